The quantitative estimate of drug-likeness (QED) is 0.783. The summed E-state index contributed by atoms with van der Waals surface area (Å²) in [6.07, 6.45) is 3.61. The molecule has 1 aromatic heterocycles. The van der Waals surface area contributed by atoms with Gasteiger partial charge in [-0.25, -0.2) is 0 Å². The van der Waals surface area contributed by atoms with E-state index in [-0.39, 0.29) is 24.7 Å². The second-order valence-corrected chi connectivity index (χ2v) is 5.56. The molecule has 0 aliphatic carbocycles. The molecular weight excluding hydrogens is 292 g/mol. The van der Waals surface area contributed by atoms with E-state index in [1.54, 1.807) is 17.9 Å². The number of carbonyl (C=O) groups excluding carboxylic acids is 1. The van der Waals surface area contributed by atoms with Crippen LogP contribution < -0.4 is 10.6 Å². The molecule has 2 aromatic rings. The Balaban J connectivity index is 1.97. The van der Waals surface area contributed by atoms with E-state index in [1.165, 1.54) is 0 Å². The van der Waals surface area contributed by atoms with E-state index in [4.69, 9.17) is 4.74 Å². The van der Waals surface area contributed by atoms with Gasteiger partial charge in [0.1, 0.15) is 12.6 Å². The van der Waals surface area contributed by atoms with Crippen LogP contribution in [-0.2, 0) is 16.1 Å². The van der Waals surface area contributed by atoms with Gasteiger partial charge in [-0.05, 0) is 19.4 Å². The molecule has 0 aliphatic rings. The monoisotopic (exact) mass is 316 g/mol. The smallest absolute Gasteiger partial charge is 0.241 e. The summed E-state index contributed by atoms with van der Waals surface area (Å²) in [5, 5.41) is 10.1. The number of rotatable bonds is 8. The molecule has 6 nitrogen and oxygen atoms in total. The summed E-state index contributed by atoms with van der Waals surface area (Å²) in [7, 11) is 1.61. The van der Waals surface area contributed by atoms with E-state index in [9.17, 15) is 4.79 Å². The largest absolute Gasteiger partial charge is 0.380 e. The van der Waals surface area contributed by atoms with Crippen LogP contribution in [-0.4, -0.2) is 35.4 Å². The third-order valence-electron chi connectivity index (χ3n) is 3.32. The highest BCUT2D eigenvalue weighted by Crippen LogP contribution is 2.20. The number of ether oxygens (including phenoxy) is 1. The Morgan fingerprint density at radius 3 is 2.70 bits per heavy atom. The second kappa shape index (κ2) is 8.33. The van der Waals surface area contributed by atoms with Gasteiger partial charge in [-0.1, -0.05) is 30.3 Å². The van der Waals surface area contributed by atoms with Crippen LogP contribution in [0.1, 0.15) is 25.5 Å². The lowest BCUT2D eigenvalue weighted by molar-refractivity contribution is -0.121. The fourth-order valence-corrected chi connectivity index (χ4v) is 2.22. The topological polar surface area (TPSA) is 68.2 Å². The summed E-state index contributed by atoms with van der Waals surface area (Å²) >= 11 is 0. The van der Waals surface area contributed by atoms with Gasteiger partial charge in [0.2, 0.25) is 5.91 Å². The van der Waals surface area contributed by atoms with Gasteiger partial charge in [-0.3, -0.25) is 9.48 Å². The predicted molar refractivity (Wildman–Crippen MR) is 90.2 cm³/mol. The van der Waals surface area contributed by atoms with E-state index in [2.05, 4.69) is 27.9 Å². The number of hydrogen-bond donors (Lipinski definition) is 2. The van der Waals surface area contributed by atoms with Crippen LogP contribution >= 0.6 is 0 Å². The molecule has 1 amide bonds. The van der Waals surface area contributed by atoms with Gasteiger partial charge in [-0.15, -0.1) is 0 Å². The Kier molecular flexibility index (Phi) is 6.17. The van der Waals surface area contributed by atoms with Gasteiger partial charge in [0.05, 0.1) is 18.0 Å². The first-order valence-electron chi connectivity index (χ1n) is 7.75. The molecule has 0 saturated carbocycles. The number of nitrogens with one attached hydrogen (secondary N) is 2. The molecule has 0 fully saturated rings. The van der Waals surface area contributed by atoms with Crippen LogP contribution in [0.2, 0.25) is 0 Å². The zero-order valence-corrected chi connectivity index (χ0v) is 13.8. The van der Waals surface area contributed by atoms with Gasteiger partial charge in [0.15, 0.2) is 0 Å². The summed E-state index contributed by atoms with van der Waals surface area (Å²) in [6, 6.07) is 10.1. The van der Waals surface area contributed by atoms with Crippen molar-refractivity contribution in [2.45, 2.75) is 32.6 Å². The van der Waals surface area contributed by atoms with E-state index in [1.807, 2.05) is 38.2 Å². The molecule has 6 heteroatoms. The van der Waals surface area contributed by atoms with E-state index >= 15 is 0 Å². The van der Waals surface area contributed by atoms with Crippen LogP contribution in [0.3, 0.4) is 0 Å². The minimum Gasteiger partial charge on any atom is -0.380 e. The van der Waals surface area contributed by atoms with Gasteiger partial charge >= 0.3 is 0 Å². The number of hydrogen-bond acceptors (Lipinski definition) is 4. The van der Waals surface area contributed by atoms with Crippen LogP contribution in [0.15, 0.2) is 42.7 Å². The Labute approximate surface area is 136 Å². The number of carbonyl (C=O) groups is 1. The summed E-state index contributed by atoms with van der Waals surface area (Å²) in [4.78, 5) is 11.4. The number of amides is 1. The van der Waals surface area contributed by atoms with E-state index in [0.717, 1.165) is 11.3 Å². The van der Waals surface area contributed by atoms with Crippen molar-refractivity contribution in [3.63, 3.8) is 0 Å². The van der Waals surface area contributed by atoms with Crippen molar-refractivity contribution >= 4 is 11.6 Å². The standard InChI is InChI=1S/C17H24N4O2/c1-13(2)23-16(14-7-5-4-6-8-14)10-19-15-9-20-21(11-15)12-17(22)18-3/h4-9,11,13,16,19H,10,12H2,1-3H3,(H,18,22). The summed E-state index contributed by atoms with van der Waals surface area (Å²) in [5.74, 6) is -0.0787. The third kappa shape index (κ3) is 5.41. The molecular formula is C17H24N4O2. The van der Waals surface area contributed by atoms with Crippen molar-refractivity contribution in [1.82, 2.24) is 15.1 Å². The Morgan fingerprint density at radius 2 is 2.04 bits per heavy atom. The molecule has 0 spiro atoms. The maximum atomic E-state index is 11.4. The average molecular weight is 316 g/mol. The van der Waals surface area contributed by atoms with Gasteiger partial charge < -0.3 is 15.4 Å². The first-order chi connectivity index (χ1) is 11.1. The molecule has 1 heterocycles. The van der Waals surface area contributed by atoms with Gasteiger partial charge in [0, 0.05) is 19.8 Å². The molecule has 0 radical (unpaired) electrons. The summed E-state index contributed by atoms with van der Waals surface area (Å²) in [5.41, 5.74) is 1.99. The van der Waals surface area contributed by atoms with E-state index < -0.39 is 0 Å². The summed E-state index contributed by atoms with van der Waals surface area (Å²) in [6.45, 7) is 4.89. The van der Waals surface area contributed by atoms with Crippen molar-refractivity contribution in [1.29, 1.82) is 0 Å². The first-order valence-corrected chi connectivity index (χ1v) is 7.75. The number of nitrogens with zero attached hydrogens (tertiary/aromatic N) is 2. The lowest BCUT2D eigenvalue weighted by Gasteiger charge is -2.21. The highest BCUT2D eigenvalue weighted by molar-refractivity contribution is 5.75. The molecule has 23 heavy (non-hydrogen) atoms. The van der Waals surface area contributed by atoms with Crippen LogP contribution in [0, 0.1) is 0 Å². The maximum absolute atomic E-state index is 11.4. The van der Waals surface area contributed by atoms with E-state index in [0.29, 0.717) is 6.54 Å². The minimum atomic E-state index is -0.0787. The molecule has 2 N–H and O–H groups in total. The van der Waals surface area contributed by atoms with Crippen LogP contribution in [0.5, 0.6) is 0 Å². The Hall–Kier alpha value is -2.34. The lowest BCUT2D eigenvalue weighted by Crippen LogP contribution is -2.23. The lowest BCUT2D eigenvalue weighted by atomic mass is 10.1. The molecule has 1 atom stereocenters. The van der Waals surface area contributed by atoms with Gasteiger partial charge in [-0.2, -0.15) is 5.10 Å². The first kappa shape index (κ1) is 17.0. The molecule has 1 unspecified atom stereocenters. The van der Waals surface area contributed by atoms with Crippen LogP contribution in [0.4, 0.5) is 5.69 Å². The number of benzene rings is 1. The number of anilines is 1. The molecule has 0 aliphatic heterocycles. The SMILES string of the molecule is CNC(=O)Cn1cc(NCC(OC(C)C)c2ccccc2)cn1. The minimum absolute atomic E-state index is 0.0431. The molecule has 0 saturated heterocycles. The van der Waals surface area contributed by atoms with Crippen molar-refractivity contribution in [2.75, 3.05) is 18.9 Å². The fraction of sp³-hybridized carbons (Fsp3) is 0.412. The predicted octanol–water partition coefficient (Wildman–Crippen LogP) is 2.21. The van der Waals surface area contributed by atoms with Crippen molar-refractivity contribution < 1.29 is 9.53 Å². The average Bonchev–Trinajstić information content (AvgIpc) is 2.99. The van der Waals surface area contributed by atoms with Gasteiger partial charge in [0.25, 0.3) is 0 Å². The molecule has 1 aromatic carbocycles. The zero-order chi connectivity index (χ0) is 16.7. The second-order valence-electron chi connectivity index (χ2n) is 5.56. The number of likely N-dealkylation sites (N-methyl/N-ethyl adjacent to an activating group) is 1. The normalized spacial score (nSPS) is 12.2. The maximum Gasteiger partial charge on any atom is 0.241 e. The van der Waals surface area contributed by atoms with Crippen molar-refractivity contribution in [3.8, 4) is 0 Å². The highest BCUT2D eigenvalue weighted by Gasteiger charge is 2.14. The Morgan fingerprint density at radius 1 is 1.30 bits per heavy atom. The van der Waals surface area contributed by atoms with Crippen molar-refractivity contribution in [2.24, 2.45) is 0 Å². The third-order valence-corrected chi connectivity index (χ3v) is 3.32. The molecule has 2 rings (SSSR count). The molecule has 0 bridgehead atoms. The fourth-order valence-electron chi connectivity index (χ4n) is 2.22. The zero-order valence-electron chi connectivity index (χ0n) is 13.8. The number of aromatic nitrogens is 2. The Bertz CT molecular complexity index is 610. The van der Waals surface area contributed by atoms with Crippen molar-refractivity contribution in [3.05, 3.63) is 48.3 Å². The highest BCUT2D eigenvalue weighted by atomic mass is 16.5. The molecule has 124 valence electrons. The summed E-state index contributed by atoms with van der Waals surface area (Å²) < 4.78 is 7.59. The van der Waals surface area contributed by atoms with Crippen LogP contribution in [0.25, 0.3) is 0 Å².